The molecule has 0 spiro atoms. The number of imide groups is 1. The fraction of sp³-hybridized carbons (Fsp3) is 0.463. The molecule has 17 heteroatoms. The number of benzene rings is 1. The molecule has 3 N–H and O–H groups in total. The number of rotatable bonds is 11. The molecule has 1 unspecified atom stereocenters. The third kappa shape index (κ3) is 9.57. The summed E-state index contributed by atoms with van der Waals surface area (Å²) >= 11 is 0. The van der Waals surface area contributed by atoms with Crippen LogP contribution in [0.3, 0.4) is 0 Å². The number of pyridine rings is 2. The molecule has 7 rings (SSSR count). The second-order valence-electron chi connectivity index (χ2n) is 15.4. The molecule has 1 atom stereocenters. The van der Waals surface area contributed by atoms with Crippen LogP contribution in [-0.2, 0) is 20.6 Å². The van der Waals surface area contributed by atoms with Gasteiger partial charge in [0.1, 0.15) is 40.3 Å². The summed E-state index contributed by atoms with van der Waals surface area (Å²) in [5, 5.41) is 7.97. The molecule has 0 bridgehead atoms. The summed E-state index contributed by atoms with van der Waals surface area (Å²) in [5.41, 5.74) is 1.26. The van der Waals surface area contributed by atoms with Crippen molar-refractivity contribution >= 4 is 40.7 Å². The Balaban J connectivity index is 0.889. The average molecular weight is 807 g/mol. The van der Waals surface area contributed by atoms with Gasteiger partial charge in [-0.3, -0.25) is 24.5 Å². The van der Waals surface area contributed by atoms with Crippen molar-refractivity contribution in [2.45, 2.75) is 89.0 Å². The number of carbonyl (C=O) groups excluding carboxylic acids is 4. The summed E-state index contributed by atoms with van der Waals surface area (Å²) in [7, 11) is 0. The highest BCUT2D eigenvalue weighted by molar-refractivity contribution is 6.04. The maximum Gasteiger partial charge on any atom is 0.433 e. The molecule has 3 saturated heterocycles. The van der Waals surface area contributed by atoms with Crippen LogP contribution in [-0.4, -0.2) is 92.7 Å². The molecule has 58 heavy (non-hydrogen) atoms. The summed E-state index contributed by atoms with van der Waals surface area (Å²) in [6, 6.07) is 9.13. The molecule has 3 aromatic heterocycles. The van der Waals surface area contributed by atoms with Gasteiger partial charge in [0.15, 0.2) is 0 Å². The highest BCUT2D eigenvalue weighted by Crippen LogP contribution is 2.34. The molecular weight excluding hydrogens is 760 g/mol. The van der Waals surface area contributed by atoms with Gasteiger partial charge in [-0.05, 0) is 94.8 Å². The van der Waals surface area contributed by atoms with Crippen molar-refractivity contribution in [3.63, 3.8) is 0 Å². The quantitative estimate of drug-likeness (QED) is 0.120. The number of nitrogens with one attached hydrogen (secondary N) is 3. The maximum absolute atomic E-state index is 15.2. The standard InChI is InChI=1S/C41H46F4N8O5/c1-24(2)58-34-21-36-48-32(22-53(36)23-33(34)49-39(56)30-4-3-5-35(47-30)41(43,44)45)26-10-15-51(16-11-26)17-14-38(55)52-18-12-25(13-19-52)28-7-6-27(20-29(28)42)46-31-8-9-37(54)50-40(31)57/h3-7,20-26,31,46H,8-19H2,1-2H3,(H,49,56)(H,50,54,57). The first-order valence-corrected chi connectivity index (χ1v) is 19.6. The van der Waals surface area contributed by atoms with E-state index in [-0.39, 0.29) is 53.4 Å². The van der Waals surface area contributed by atoms with Crippen molar-refractivity contribution < 1.29 is 41.5 Å². The maximum atomic E-state index is 15.2. The zero-order valence-corrected chi connectivity index (χ0v) is 32.3. The van der Waals surface area contributed by atoms with Crippen molar-refractivity contribution in [2.75, 3.05) is 43.4 Å². The molecule has 6 heterocycles. The second-order valence-corrected chi connectivity index (χ2v) is 15.4. The topological polar surface area (TPSA) is 150 Å². The summed E-state index contributed by atoms with van der Waals surface area (Å²) in [6.07, 6.45) is 2.51. The third-order valence-electron chi connectivity index (χ3n) is 11.0. The van der Waals surface area contributed by atoms with Crippen LogP contribution in [0, 0.1) is 5.82 Å². The summed E-state index contributed by atoms with van der Waals surface area (Å²) in [4.78, 5) is 62.2. The summed E-state index contributed by atoms with van der Waals surface area (Å²) in [6.45, 7) is 6.94. The number of halogens is 4. The number of nitrogens with zero attached hydrogens (tertiary/aromatic N) is 5. The molecule has 13 nitrogen and oxygen atoms in total. The van der Waals surface area contributed by atoms with E-state index in [2.05, 4.69) is 25.8 Å². The highest BCUT2D eigenvalue weighted by atomic mass is 19.4. The Kier molecular flexibility index (Phi) is 12.0. The monoisotopic (exact) mass is 806 g/mol. The Labute approximate surface area is 332 Å². The molecule has 4 aromatic rings. The Morgan fingerprint density at radius 1 is 0.948 bits per heavy atom. The normalized spacial score (nSPS) is 18.7. The number of hydrogen-bond donors (Lipinski definition) is 3. The first-order chi connectivity index (χ1) is 27.7. The first-order valence-electron chi connectivity index (χ1n) is 19.6. The molecular formula is C41H46F4N8O5. The number of carbonyl (C=O) groups is 4. The predicted octanol–water partition coefficient (Wildman–Crippen LogP) is 6.12. The number of piperidine rings is 3. The molecule has 0 aliphatic carbocycles. The van der Waals surface area contributed by atoms with Gasteiger partial charge in [0, 0.05) is 62.5 Å². The Hall–Kier alpha value is -5.58. The van der Waals surface area contributed by atoms with Crippen LogP contribution in [0.5, 0.6) is 5.75 Å². The van der Waals surface area contributed by atoms with E-state index in [1.807, 2.05) is 24.9 Å². The molecule has 3 aliphatic heterocycles. The Bertz CT molecular complexity index is 2180. The SMILES string of the molecule is CC(C)Oc1cc2nc(C3CCN(CCC(=O)N4CCC(c5ccc(NC6CCC(=O)NC6=O)cc5F)CC4)CC3)cn2cc1NC(=O)c1cccc(C(F)(F)F)n1. The van der Waals surface area contributed by atoms with Crippen molar-refractivity contribution in [2.24, 2.45) is 0 Å². The first kappa shape index (κ1) is 40.6. The summed E-state index contributed by atoms with van der Waals surface area (Å²) < 4.78 is 62.6. The van der Waals surface area contributed by atoms with Crippen molar-refractivity contribution in [1.82, 2.24) is 29.5 Å². The summed E-state index contributed by atoms with van der Waals surface area (Å²) in [5.74, 6) is -1.34. The number of fused-ring (bicyclic) bond motifs is 1. The number of hydrogen-bond acceptors (Lipinski definition) is 9. The lowest BCUT2D eigenvalue weighted by Gasteiger charge is -2.34. The number of amides is 4. The van der Waals surface area contributed by atoms with E-state index < -0.39 is 29.7 Å². The van der Waals surface area contributed by atoms with Gasteiger partial charge in [0.05, 0.1) is 11.8 Å². The molecule has 1 aromatic carbocycles. The van der Waals surface area contributed by atoms with Crippen LogP contribution in [0.2, 0.25) is 0 Å². The van der Waals surface area contributed by atoms with Crippen LogP contribution in [0.25, 0.3) is 5.65 Å². The van der Waals surface area contributed by atoms with Crippen LogP contribution < -0.4 is 20.7 Å². The minimum Gasteiger partial charge on any atom is -0.489 e. The molecule has 0 radical (unpaired) electrons. The van der Waals surface area contributed by atoms with Gasteiger partial charge in [-0.25, -0.2) is 14.4 Å². The largest absolute Gasteiger partial charge is 0.489 e. The van der Waals surface area contributed by atoms with Crippen LogP contribution >= 0.6 is 0 Å². The number of aromatic nitrogens is 3. The minimum absolute atomic E-state index is 0.0197. The Morgan fingerprint density at radius 2 is 1.69 bits per heavy atom. The second kappa shape index (κ2) is 17.1. The van der Waals surface area contributed by atoms with Gasteiger partial charge in [-0.15, -0.1) is 0 Å². The van der Waals surface area contributed by atoms with Gasteiger partial charge in [-0.1, -0.05) is 12.1 Å². The van der Waals surface area contributed by atoms with Crippen LogP contribution in [0.4, 0.5) is 28.9 Å². The van der Waals surface area contributed by atoms with Crippen molar-refractivity contribution in [3.8, 4) is 5.75 Å². The van der Waals surface area contributed by atoms with E-state index in [0.717, 1.165) is 43.8 Å². The number of likely N-dealkylation sites (tertiary alicyclic amines) is 2. The van der Waals surface area contributed by atoms with Crippen molar-refractivity contribution in [1.29, 1.82) is 0 Å². The van der Waals surface area contributed by atoms with Gasteiger partial charge in [0.25, 0.3) is 5.91 Å². The zero-order valence-electron chi connectivity index (χ0n) is 32.3. The van der Waals surface area contributed by atoms with Gasteiger partial charge in [0.2, 0.25) is 17.7 Å². The van der Waals surface area contributed by atoms with Gasteiger partial charge < -0.3 is 29.6 Å². The lowest BCUT2D eigenvalue weighted by Crippen LogP contribution is -2.47. The van der Waals surface area contributed by atoms with Crippen molar-refractivity contribution in [3.05, 3.63) is 83.3 Å². The van der Waals surface area contributed by atoms with E-state index in [9.17, 15) is 32.3 Å². The fourth-order valence-electron chi connectivity index (χ4n) is 7.87. The number of ether oxygens (including phenoxy) is 1. The van der Waals surface area contributed by atoms with E-state index >= 15 is 4.39 Å². The van der Waals surface area contributed by atoms with Gasteiger partial charge in [-0.2, -0.15) is 13.2 Å². The van der Waals surface area contributed by atoms with E-state index in [4.69, 9.17) is 9.72 Å². The lowest BCUT2D eigenvalue weighted by molar-refractivity contribution is -0.141. The lowest BCUT2D eigenvalue weighted by atomic mass is 9.88. The fourth-order valence-corrected chi connectivity index (χ4v) is 7.87. The average Bonchev–Trinajstić information content (AvgIpc) is 3.61. The van der Waals surface area contributed by atoms with E-state index in [1.165, 1.54) is 12.1 Å². The minimum atomic E-state index is -4.69. The highest BCUT2D eigenvalue weighted by Gasteiger charge is 2.33. The van der Waals surface area contributed by atoms with Crippen LogP contribution in [0.15, 0.2) is 54.9 Å². The molecule has 3 aliphatic rings. The smallest absolute Gasteiger partial charge is 0.433 e. The predicted molar refractivity (Wildman–Crippen MR) is 206 cm³/mol. The zero-order chi connectivity index (χ0) is 41.1. The molecule has 3 fully saturated rings. The molecule has 308 valence electrons. The third-order valence-corrected chi connectivity index (χ3v) is 11.0. The number of imidazole rings is 1. The van der Waals surface area contributed by atoms with E-state index in [0.29, 0.717) is 68.0 Å². The molecule has 0 saturated carbocycles. The van der Waals surface area contributed by atoms with E-state index in [1.54, 1.807) is 28.8 Å². The number of alkyl halides is 3. The Morgan fingerprint density at radius 3 is 2.38 bits per heavy atom. The number of anilines is 2. The molecule has 4 amide bonds. The van der Waals surface area contributed by atoms with Crippen LogP contribution in [0.1, 0.15) is 98.1 Å². The van der Waals surface area contributed by atoms with Gasteiger partial charge >= 0.3 is 6.18 Å².